The van der Waals surface area contributed by atoms with Crippen molar-refractivity contribution in [3.8, 4) is 5.75 Å². The van der Waals surface area contributed by atoms with Gasteiger partial charge in [0.25, 0.3) is 5.91 Å². The van der Waals surface area contributed by atoms with E-state index < -0.39 is 0 Å². The number of carbonyl (C=O) groups excluding carboxylic acids is 1. The normalized spacial score (nSPS) is 10.3. The summed E-state index contributed by atoms with van der Waals surface area (Å²) in [5, 5.41) is 12.4. The number of benzene rings is 2. The number of rotatable bonds is 4. The minimum atomic E-state index is -0.236. The molecule has 2 aromatic rings. The zero-order valence-corrected chi connectivity index (χ0v) is 12.4. The number of amides is 1. The van der Waals surface area contributed by atoms with Crippen LogP contribution in [0.4, 0.5) is 0 Å². The lowest BCUT2D eigenvalue weighted by atomic mass is 10.1. The lowest BCUT2D eigenvalue weighted by molar-refractivity contribution is 0.0950. The first-order valence-electron chi connectivity index (χ1n) is 6.15. The Balaban J connectivity index is 2.06. The van der Waals surface area contributed by atoms with Crippen molar-refractivity contribution in [2.24, 2.45) is 5.73 Å². The van der Waals surface area contributed by atoms with E-state index >= 15 is 0 Å². The van der Waals surface area contributed by atoms with E-state index in [1.807, 2.05) is 24.3 Å². The van der Waals surface area contributed by atoms with Crippen molar-refractivity contribution in [3.63, 3.8) is 0 Å². The zero-order valence-electron chi connectivity index (χ0n) is 10.8. The lowest BCUT2D eigenvalue weighted by Gasteiger charge is -2.09. The predicted octanol–water partition coefficient (Wildman–Crippen LogP) is 2.54. The minimum absolute atomic E-state index is 0.0417. The molecular weight excluding hydrogens is 320 g/mol. The molecular formula is C15H15BrN2O2. The number of aromatic hydroxyl groups is 1. The third kappa shape index (κ3) is 3.37. The molecule has 0 heterocycles. The van der Waals surface area contributed by atoms with Gasteiger partial charge in [0.15, 0.2) is 0 Å². The maximum absolute atomic E-state index is 12.0. The second-order valence-electron chi connectivity index (χ2n) is 4.32. The molecule has 0 atom stereocenters. The first kappa shape index (κ1) is 14.6. The van der Waals surface area contributed by atoms with E-state index in [0.29, 0.717) is 23.1 Å². The molecule has 0 unspecified atom stereocenters. The average Bonchev–Trinajstić information content (AvgIpc) is 2.47. The monoisotopic (exact) mass is 334 g/mol. The topological polar surface area (TPSA) is 75.3 Å². The standard InChI is InChI=1S/C15H15BrN2O2/c16-13-6-5-10(7-14(13)19)15(20)18-9-12-4-2-1-3-11(12)8-17/h1-7,19H,8-9,17H2,(H,18,20). The van der Waals surface area contributed by atoms with E-state index in [0.717, 1.165) is 11.1 Å². The summed E-state index contributed by atoms with van der Waals surface area (Å²) >= 11 is 3.18. The van der Waals surface area contributed by atoms with Crippen molar-refractivity contribution in [2.75, 3.05) is 0 Å². The van der Waals surface area contributed by atoms with Crippen molar-refractivity contribution < 1.29 is 9.90 Å². The van der Waals surface area contributed by atoms with Crippen LogP contribution >= 0.6 is 15.9 Å². The van der Waals surface area contributed by atoms with Crippen LogP contribution in [0.3, 0.4) is 0 Å². The first-order chi connectivity index (χ1) is 9.61. The molecule has 0 saturated heterocycles. The van der Waals surface area contributed by atoms with Crippen LogP contribution in [0.1, 0.15) is 21.5 Å². The molecule has 104 valence electrons. The fraction of sp³-hybridized carbons (Fsp3) is 0.133. The van der Waals surface area contributed by atoms with Gasteiger partial charge in [0.1, 0.15) is 5.75 Å². The number of halogens is 1. The van der Waals surface area contributed by atoms with Crippen molar-refractivity contribution in [2.45, 2.75) is 13.1 Å². The Labute approximate surface area is 125 Å². The summed E-state index contributed by atoms with van der Waals surface area (Å²) < 4.78 is 0.558. The van der Waals surface area contributed by atoms with Crippen LogP contribution in [0.25, 0.3) is 0 Å². The minimum Gasteiger partial charge on any atom is -0.507 e. The average molecular weight is 335 g/mol. The van der Waals surface area contributed by atoms with Gasteiger partial charge in [-0.15, -0.1) is 0 Å². The summed E-state index contributed by atoms with van der Waals surface area (Å²) in [7, 11) is 0. The molecule has 2 rings (SSSR count). The molecule has 0 bridgehead atoms. The maximum atomic E-state index is 12.0. The van der Waals surface area contributed by atoms with E-state index in [9.17, 15) is 9.90 Å². The molecule has 0 aliphatic heterocycles. The van der Waals surface area contributed by atoms with E-state index in [-0.39, 0.29) is 11.7 Å². The Morgan fingerprint density at radius 1 is 1.20 bits per heavy atom. The van der Waals surface area contributed by atoms with Gasteiger partial charge < -0.3 is 16.2 Å². The smallest absolute Gasteiger partial charge is 0.251 e. The molecule has 0 spiro atoms. The van der Waals surface area contributed by atoms with Crippen molar-refractivity contribution >= 4 is 21.8 Å². The number of phenols is 1. The van der Waals surface area contributed by atoms with Crippen LogP contribution in [-0.4, -0.2) is 11.0 Å². The van der Waals surface area contributed by atoms with Gasteiger partial charge in [-0.3, -0.25) is 4.79 Å². The molecule has 1 amide bonds. The maximum Gasteiger partial charge on any atom is 0.251 e. The van der Waals surface area contributed by atoms with Crippen LogP contribution in [0.15, 0.2) is 46.9 Å². The SMILES string of the molecule is NCc1ccccc1CNC(=O)c1ccc(Br)c(O)c1. The molecule has 0 aliphatic carbocycles. The van der Waals surface area contributed by atoms with E-state index in [2.05, 4.69) is 21.2 Å². The molecule has 0 fully saturated rings. The predicted molar refractivity (Wildman–Crippen MR) is 81.3 cm³/mol. The third-order valence-electron chi connectivity index (χ3n) is 2.99. The zero-order chi connectivity index (χ0) is 14.5. The number of nitrogens with two attached hydrogens (primary N) is 1. The molecule has 4 N–H and O–H groups in total. The molecule has 0 aliphatic rings. The summed E-state index contributed by atoms with van der Waals surface area (Å²) in [6.07, 6.45) is 0. The van der Waals surface area contributed by atoms with Gasteiger partial charge in [-0.25, -0.2) is 0 Å². The first-order valence-corrected chi connectivity index (χ1v) is 6.94. The highest BCUT2D eigenvalue weighted by molar-refractivity contribution is 9.10. The van der Waals surface area contributed by atoms with Gasteiger partial charge in [-0.1, -0.05) is 24.3 Å². The van der Waals surface area contributed by atoms with Gasteiger partial charge in [-0.2, -0.15) is 0 Å². The van der Waals surface area contributed by atoms with E-state index in [1.165, 1.54) is 6.07 Å². The van der Waals surface area contributed by atoms with Crippen LogP contribution in [-0.2, 0) is 13.1 Å². The highest BCUT2D eigenvalue weighted by atomic mass is 79.9. The number of hydrogen-bond acceptors (Lipinski definition) is 3. The molecule has 0 saturated carbocycles. The number of phenolic OH excluding ortho intramolecular Hbond substituents is 1. The Hall–Kier alpha value is -1.85. The molecule has 4 nitrogen and oxygen atoms in total. The lowest BCUT2D eigenvalue weighted by Crippen LogP contribution is -2.23. The Bertz CT molecular complexity index is 629. The van der Waals surface area contributed by atoms with Crippen molar-refractivity contribution in [1.82, 2.24) is 5.32 Å². The van der Waals surface area contributed by atoms with Gasteiger partial charge >= 0.3 is 0 Å². The summed E-state index contributed by atoms with van der Waals surface area (Å²) in [5.41, 5.74) is 8.06. The Morgan fingerprint density at radius 3 is 2.55 bits per heavy atom. The summed E-state index contributed by atoms with van der Waals surface area (Å²) in [6.45, 7) is 0.841. The number of carbonyl (C=O) groups is 1. The van der Waals surface area contributed by atoms with Gasteiger partial charge in [0.05, 0.1) is 4.47 Å². The second kappa shape index (κ2) is 6.54. The number of hydrogen-bond donors (Lipinski definition) is 3. The van der Waals surface area contributed by atoms with E-state index in [4.69, 9.17) is 5.73 Å². The highest BCUT2D eigenvalue weighted by Gasteiger charge is 2.08. The summed E-state index contributed by atoms with van der Waals surface area (Å²) in [6, 6.07) is 12.4. The van der Waals surface area contributed by atoms with Crippen LogP contribution in [0, 0.1) is 0 Å². The Morgan fingerprint density at radius 2 is 1.90 bits per heavy atom. The van der Waals surface area contributed by atoms with Crippen LogP contribution in [0.2, 0.25) is 0 Å². The van der Waals surface area contributed by atoms with Crippen LogP contribution in [0.5, 0.6) is 5.75 Å². The summed E-state index contributed by atoms with van der Waals surface area (Å²) in [5.74, 6) is -0.195. The third-order valence-corrected chi connectivity index (χ3v) is 3.66. The molecule has 0 radical (unpaired) electrons. The molecule has 0 aromatic heterocycles. The second-order valence-corrected chi connectivity index (χ2v) is 5.18. The van der Waals surface area contributed by atoms with Gasteiger partial charge in [0, 0.05) is 18.7 Å². The number of nitrogens with one attached hydrogen (secondary N) is 1. The van der Waals surface area contributed by atoms with E-state index in [1.54, 1.807) is 12.1 Å². The van der Waals surface area contributed by atoms with Gasteiger partial charge in [-0.05, 0) is 45.3 Å². The molecule has 20 heavy (non-hydrogen) atoms. The van der Waals surface area contributed by atoms with Crippen molar-refractivity contribution in [1.29, 1.82) is 0 Å². The van der Waals surface area contributed by atoms with Crippen LogP contribution < -0.4 is 11.1 Å². The molecule has 5 heteroatoms. The fourth-order valence-corrected chi connectivity index (χ4v) is 2.11. The quantitative estimate of drug-likeness (QED) is 0.804. The molecule has 2 aromatic carbocycles. The fourth-order valence-electron chi connectivity index (χ4n) is 1.86. The van der Waals surface area contributed by atoms with Crippen molar-refractivity contribution in [3.05, 3.63) is 63.6 Å². The Kier molecular flexibility index (Phi) is 4.76. The largest absolute Gasteiger partial charge is 0.507 e. The summed E-state index contributed by atoms with van der Waals surface area (Å²) in [4.78, 5) is 12.0. The van der Waals surface area contributed by atoms with Gasteiger partial charge in [0.2, 0.25) is 0 Å². The highest BCUT2D eigenvalue weighted by Crippen LogP contribution is 2.24.